The number of hydrogen-bond donors (Lipinski definition) is 6. The molecular weight excluding hydrogens is 718 g/mol. The molecule has 18 nitrogen and oxygen atoms in total. The number of aromatic hydroxyl groups is 1. The second-order valence-corrected chi connectivity index (χ2v) is 14.0. The first kappa shape index (κ1) is 34.3. The van der Waals surface area contributed by atoms with Gasteiger partial charge in [-0.3, -0.25) is 13.7 Å². The van der Waals surface area contributed by atoms with E-state index < -0.39 is 57.3 Å². The Bertz CT molecular complexity index is 2460. The summed E-state index contributed by atoms with van der Waals surface area (Å²) in [5, 5.41) is 23.7. The highest BCUT2D eigenvalue weighted by Crippen LogP contribution is 2.43. The Morgan fingerprint density at radius 3 is 1.98 bits per heavy atom. The highest BCUT2D eigenvalue weighted by Gasteiger charge is 2.23. The predicted molar refractivity (Wildman–Crippen MR) is 170 cm³/mol. The van der Waals surface area contributed by atoms with Gasteiger partial charge in [0, 0.05) is 22.8 Å². The molecule has 0 aliphatic carbocycles. The molecule has 6 N–H and O–H groups in total. The molecule has 0 fully saturated rings. The van der Waals surface area contributed by atoms with Gasteiger partial charge in [-0.2, -0.15) is 40.2 Å². The van der Waals surface area contributed by atoms with Gasteiger partial charge in [-0.15, -0.1) is 10.2 Å². The Morgan fingerprint density at radius 1 is 0.729 bits per heavy atom. The van der Waals surface area contributed by atoms with Crippen LogP contribution in [0.1, 0.15) is 0 Å². The van der Waals surface area contributed by atoms with E-state index >= 15 is 0 Å². The van der Waals surface area contributed by atoms with Crippen LogP contribution in [0.4, 0.5) is 34.6 Å². The van der Waals surface area contributed by atoms with Crippen molar-refractivity contribution in [3.63, 3.8) is 0 Å². The van der Waals surface area contributed by atoms with Gasteiger partial charge in [-0.1, -0.05) is 6.07 Å². The lowest BCUT2D eigenvalue weighted by atomic mass is 10.1. The summed E-state index contributed by atoms with van der Waals surface area (Å²) in [5.41, 5.74) is -0.753. The third-order valence-electron chi connectivity index (χ3n) is 6.28. The molecule has 1 heterocycles. The SMILES string of the molecule is COc1ccc(N=Nc2c(S(=O)(=O)O)cc3cc(Nc4nc(Cl)nc(Nc5cccc(S(=O)(=O)O)c5)n4)ccc3c2O)c(S(=O)(=O)O)c1. The molecule has 0 saturated heterocycles. The van der Waals surface area contributed by atoms with E-state index in [2.05, 4.69) is 35.8 Å². The summed E-state index contributed by atoms with van der Waals surface area (Å²) >= 11 is 6.04. The van der Waals surface area contributed by atoms with Gasteiger partial charge in [0.25, 0.3) is 30.4 Å². The molecule has 0 saturated carbocycles. The summed E-state index contributed by atoms with van der Waals surface area (Å²) in [6.07, 6.45) is 0. The zero-order valence-electron chi connectivity index (χ0n) is 23.8. The van der Waals surface area contributed by atoms with Crippen molar-refractivity contribution in [1.82, 2.24) is 15.0 Å². The van der Waals surface area contributed by atoms with Crippen LogP contribution in [0.2, 0.25) is 5.28 Å². The molecule has 1 aromatic heterocycles. The molecule has 0 radical (unpaired) electrons. The van der Waals surface area contributed by atoms with Crippen LogP contribution in [0, 0.1) is 0 Å². The molecule has 4 aromatic carbocycles. The zero-order valence-corrected chi connectivity index (χ0v) is 27.0. The number of phenolic OH excluding ortho intramolecular Hbond substituents is 1. The minimum atomic E-state index is -5.06. The number of fused-ring (bicyclic) bond motifs is 1. The maximum Gasteiger partial charge on any atom is 0.296 e. The Balaban J connectivity index is 1.51. The highest BCUT2D eigenvalue weighted by atomic mass is 35.5. The number of rotatable bonds is 10. The molecule has 0 aliphatic heterocycles. The summed E-state index contributed by atoms with van der Waals surface area (Å²) in [6, 6.07) is 13.6. The smallest absolute Gasteiger partial charge is 0.296 e. The zero-order chi connectivity index (χ0) is 35.0. The number of nitrogens with one attached hydrogen (secondary N) is 2. The van der Waals surface area contributed by atoms with E-state index in [-0.39, 0.29) is 50.0 Å². The van der Waals surface area contributed by atoms with Gasteiger partial charge >= 0.3 is 0 Å². The fourth-order valence-electron chi connectivity index (χ4n) is 4.19. The van der Waals surface area contributed by atoms with Crippen molar-refractivity contribution >= 4 is 87.4 Å². The number of anilines is 4. The van der Waals surface area contributed by atoms with Crippen LogP contribution in [-0.4, -0.2) is 66.1 Å². The van der Waals surface area contributed by atoms with Crippen LogP contribution in [0.15, 0.2) is 91.6 Å². The number of benzene rings is 4. The van der Waals surface area contributed by atoms with E-state index in [1.807, 2.05) is 0 Å². The number of ether oxygens (including phenoxy) is 1. The first-order chi connectivity index (χ1) is 22.4. The van der Waals surface area contributed by atoms with Crippen LogP contribution in [0.25, 0.3) is 10.8 Å². The quantitative estimate of drug-likeness (QED) is 0.0809. The van der Waals surface area contributed by atoms with Gasteiger partial charge in [0.1, 0.15) is 26.9 Å². The maximum absolute atomic E-state index is 12.3. The summed E-state index contributed by atoms with van der Waals surface area (Å²) in [5.74, 6) is -0.947. The molecule has 0 bridgehead atoms. The fourth-order valence-corrected chi connectivity index (χ4v) is 6.17. The second kappa shape index (κ2) is 12.9. The summed E-state index contributed by atoms with van der Waals surface area (Å²) in [6.45, 7) is 0. The standard InChI is InChI=1S/C26H20ClN7O11S3/c1-45-16-6-8-19(20(12-16)47(39,40)41)33-34-22-21(48(42,43)44)10-13-9-15(5-7-18(13)23(22)35)29-26-31-24(27)30-25(32-26)28-14-3-2-4-17(11-14)46(36,37)38/h2-12,35H,1H3,(H,36,37,38)(H,39,40,41)(H,42,43,44)(H2,28,29,30,31,32). The van der Waals surface area contributed by atoms with E-state index in [4.69, 9.17) is 16.3 Å². The van der Waals surface area contributed by atoms with Crippen LogP contribution >= 0.6 is 11.6 Å². The minimum absolute atomic E-state index is 0.0291. The van der Waals surface area contributed by atoms with Gasteiger partial charge in [-0.05, 0) is 71.6 Å². The van der Waals surface area contributed by atoms with Crippen molar-refractivity contribution in [3.05, 3.63) is 72.0 Å². The van der Waals surface area contributed by atoms with E-state index in [0.717, 1.165) is 24.3 Å². The summed E-state index contributed by atoms with van der Waals surface area (Å²) in [4.78, 5) is 10.0. The predicted octanol–water partition coefficient (Wildman–Crippen LogP) is 5.04. The van der Waals surface area contributed by atoms with Crippen molar-refractivity contribution in [3.8, 4) is 11.5 Å². The Kier molecular flexibility index (Phi) is 9.20. The Labute approximate surface area is 276 Å². The average Bonchev–Trinajstić information content (AvgIpc) is 2.99. The van der Waals surface area contributed by atoms with Gasteiger partial charge in [0.05, 0.1) is 12.0 Å². The van der Waals surface area contributed by atoms with Gasteiger partial charge < -0.3 is 20.5 Å². The lowest BCUT2D eigenvalue weighted by molar-refractivity contribution is 0.412. The Morgan fingerprint density at radius 2 is 1.38 bits per heavy atom. The van der Waals surface area contributed by atoms with Crippen molar-refractivity contribution in [2.45, 2.75) is 14.7 Å². The minimum Gasteiger partial charge on any atom is -0.505 e. The Hall–Kier alpha value is -5.03. The molecule has 250 valence electrons. The van der Waals surface area contributed by atoms with Gasteiger partial charge in [0.2, 0.25) is 17.2 Å². The van der Waals surface area contributed by atoms with Crippen LogP contribution in [0.5, 0.6) is 11.5 Å². The second-order valence-electron chi connectivity index (χ2n) is 9.50. The normalized spacial score (nSPS) is 12.4. The largest absolute Gasteiger partial charge is 0.505 e. The molecule has 0 atom stereocenters. The number of halogens is 1. The van der Waals surface area contributed by atoms with Crippen molar-refractivity contribution in [2.24, 2.45) is 10.2 Å². The monoisotopic (exact) mass is 737 g/mol. The number of aromatic nitrogens is 3. The molecule has 5 rings (SSSR count). The molecule has 0 aliphatic rings. The number of methoxy groups -OCH3 is 1. The third-order valence-corrected chi connectivity index (χ3v) is 9.05. The molecule has 48 heavy (non-hydrogen) atoms. The average molecular weight is 738 g/mol. The molecule has 0 unspecified atom stereocenters. The maximum atomic E-state index is 12.3. The van der Waals surface area contributed by atoms with E-state index in [1.54, 1.807) is 0 Å². The van der Waals surface area contributed by atoms with Crippen molar-refractivity contribution in [1.29, 1.82) is 0 Å². The lowest BCUT2D eigenvalue weighted by Gasteiger charge is -2.12. The van der Waals surface area contributed by atoms with Crippen molar-refractivity contribution < 1.29 is 48.8 Å². The van der Waals surface area contributed by atoms with E-state index in [0.29, 0.717) is 0 Å². The highest BCUT2D eigenvalue weighted by molar-refractivity contribution is 7.86. The summed E-state index contributed by atoms with van der Waals surface area (Å²) < 4.78 is 105. The third kappa shape index (κ3) is 7.74. The first-order valence-electron chi connectivity index (χ1n) is 12.8. The van der Waals surface area contributed by atoms with Crippen LogP contribution in [-0.2, 0) is 30.4 Å². The van der Waals surface area contributed by atoms with Gasteiger partial charge in [-0.25, -0.2) is 0 Å². The van der Waals surface area contributed by atoms with Crippen LogP contribution < -0.4 is 15.4 Å². The molecule has 0 spiro atoms. The molecule has 22 heteroatoms. The fraction of sp³-hybridized carbons (Fsp3) is 0.0385. The number of phenols is 1. The van der Waals surface area contributed by atoms with E-state index in [9.17, 15) is 44.0 Å². The topological polar surface area (TPSA) is 280 Å². The van der Waals surface area contributed by atoms with Crippen LogP contribution in [0.3, 0.4) is 0 Å². The van der Waals surface area contributed by atoms with E-state index in [1.165, 1.54) is 49.6 Å². The molecular formula is C26H20ClN7O11S3. The molecule has 0 amide bonds. The molecule has 5 aromatic rings. The number of hydrogen-bond acceptors (Lipinski definition) is 15. The number of azo groups is 1. The van der Waals surface area contributed by atoms with Gasteiger partial charge in [0.15, 0.2) is 5.75 Å². The lowest BCUT2D eigenvalue weighted by Crippen LogP contribution is -2.05. The summed E-state index contributed by atoms with van der Waals surface area (Å²) in [7, 11) is -13.1. The van der Waals surface area contributed by atoms with Crippen molar-refractivity contribution in [2.75, 3.05) is 17.7 Å². The first-order valence-corrected chi connectivity index (χ1v) is 17.5. The number of nitrogens with zero attached hydrogens (tertiary/aromatic N) is 5.